The third-order valence-corrected chi connectivity index (χ3v) is 5.05. The number of ether oxygens (including phenoxy) is 2. The zero-order chi connectivity index (χ0) is 20.9. The molecule has 6 nitrogen and oxygen atoms in total. The van der Waals surface area contributed by atoms with Gasteiger partial charge >= 0.3 is 5.97 Å². The van der Waals surface area contributed by atoms with Gasteiger partial charge in [0, 0.05) is 12.2 Å². The number of benzene rings is 2. The molecular weight excluding hydrogens is 370 g/mol. The largest absolute Gasteiger partial charge is 0.491 e. The summed E-state index contributed by atoms with van der Waals surface area (Å²) in [6.45, 7) is 4.50. The molecule has 3 rings (SSSR count). The Morgan fingerprint density at radius 2 is 1.83 bits per heavy atom. The Morgan fingerprint density at radius 1 is 1.14 bits per heavy atom. The van der Waals surface area contributed by atoms with Crippen molar-refractivity contribution in [2.24, 2.45) is 0 Å². The van der Waals surface area contributed by atoms with Gasteiger partial charge < -0.3 is 19.5 Å². The maximum absolute atomic E-state index is 13.1. The zero-order valence-corrected chi connectivity index (χ0v) is 16.8. The number of carbonyl (C=O) groups excluding carboxylic acids is 2. The number of anilines is 1. The van der Waals surface area contributed by atoms with E-state index in [9.17, 15) is 9.59 Å². The first-order chi connectivity index (χ1) is 14.0. The van der Waals surface area contributed by atoms with Crippen LogP contribution in [0.5, 0.6) is 5.75 Å². The summed E-state index contributed by atoms with van der Waals surface area (Å²) >= 11 is 0. The maximum Gasteiger partial charge on any atom is 0.337 e. The summed E-state index contributed by atoms with van der Waals surface area (Å²) in [4.78, 5) is 27.9. The van der Waals surface area contributed by atoms with E-state index in [0.29, 0.717) is 12.3 Å². The number of para-hydroxylation sites is 1. The van der Waals surface area contributed by atoms with Gasteiger partial charge in [-0.05, 0) is 43.2 Å². The highest BCUT2D eigenvalue weighted by molar-refractivity contribution is 6.08. The lowest BCUT2D eigenvalue weighted by Gasteiger charge is -2.40. The molecule has 0 aromatic heterocycles. The van der Waals surface area contributed by atoms with E-state index >= 15 is 0 Å². The average molecular weight is 397 g/mol. The molecule has 2 aromatic rings. The molecular formula is C23H27NO5. The predicted octanol–water partition coefficient (Wildman–Crippen LogP) is 3.07. The lowest BCUT2D eigenvalue weighted by Crippen LogP contribution is -2.55. The molecule has 0 bridgehead atoms. The summed E-state index contributed by atoms with van der Waals surface area (Å²) in [7, 11) is 0. The van der Waals surface area contributed by atoms with Crippen molar-refractivity contribution in [2.75, 3.05) is 24.7 Å². The van der Waals surface area contributed by atoms with Gasteiger partial charge in [0.1, 0.15) is 18.0 Å². The first kappa shape index (κ1) is 20.9. The van der Waals surface area contributed by atoms with Gasteiger partial charge in [-0.25, -0.2) is 4.79 Å². The van der Waals surface area contributed by atoms with Gasteiger partial charge in [-0.2, -0.15) is 0 Å². The van der Waals surface area contributed by atoms with Crippen LogP contribution < -0.4 is 9.64 Å². The molecule has 1 saturated heterocycles. The molecule has 0 spiro atoms. The third-order valence-electron chi connectivity index (χ3n) is 5.05. The topological polar surface area (TPSA) is 76.1 Å². The molecule has 2 aromatic carbocycles. The average Bonchev–Trinajstić information content (AvgIpc) is 2.72. The molecule has 2 unspecified atom stereocenters. The number of Topliss-reactive ketones (excluding diaryl/α,β-unsaturated/α-hetero) is 1. The Bertz CT molecular complexity index is 816. The summed E-state index contributed by atoms with van der Waals surface area (Å²) in [6.07, 6.45) is 0.909. The summed E-state index contributed by atoms with van der Waals surface area (Å²) in [5.41, 5.74) is 0.545. The fraction of sp³-hybridized carbons (Fsp3) is 0.391. The molecule has 154 valence electrons. The van der Waals surface area contributed by atoms with Gasteiger partial charge in [0.05, 0.1) is 13.0 Å². The molecule has 0 saturated carbocycles. The van der Waals surface area contributed by atoms with Gasteiger partial charge in [-0.1, -0.05) is 37.3 Å². The van der Waals surface area contributed by atoms with E-state index in [-0.39, 0.29) is 25.4 Å². The SMILES string of the molecule is CCCN(c1ccccc1)C1C(=O)CC(C)(c2ccc(OCCO)cc2)OC1=O. The highest BCUT2D eigenvalue weighted by atomic mass is 16.6. The van der Waals surface area contributed by atoms with Crippen LogP contribution >= 0.6 is 0 Å². The number of nitrogens with zero attached hydrogens (tertiary/aromatic N) is 1. The number of rotatable bonds is 8. The molecule has 2 atom stereocenters. The van der Waals surface area contributed by atoms with Crippen LogP contribution in [-0.2, 0) is 19.9 Å². The Labute approximate surface area is 171 Å². The van der Waals surface area contributed by atoms with Crippen LogP contribution in [0.25, 0.3) is 0 Å². The number of esters is 1. The minimum Gasteiger partial charge on any atom is -0.491 e. The molecule has 0 radical (unpaired) electrons. The Hall–Kier alpha value is -2.86. The highest BCUT2D eigenvalue weighted by Gasteiger charge is 2.47. The van der Waals surface area contributed by atoms with E-state index in [1.165, 1.54) is 0 Å². The second kappa shape index (κ2) is 9.09. The van der Waals surface area contributed by atoms with Gasteiger partial charge in [-0.15, -0.1) is 0 Å². The van der Waals surface area contributed by atoms with Crippen molar-refractivity contribution < 1.29 is 24.2 Å². The van der Waals surface area contributed by atoms with Crippen molar-refractivity contribution in [3.63, 3.8) is 0 Å². The fourth-order valence-corrected chi connectivity index (χ4v) is 3.67. The number of hydrogen-bond donors (Lipinski definition) is 1. The quantitative estimate of drug-likeness (QED) is 0.545. The summed E-state index contributed by atoms with van der Waals surface area (Å²) in [5, 5.41) is 8.85. The Kier molecular flexibility index (Phi) is 6.54. The van der Waals surface area contributed by atoms with E-state index in [1.54, 1.807) is 31.2 Å². The summed E-state index contributed by atoms with van der Waals surface area (Å²) in [6, 6.07) is 15.6. The van der Waals surface area contributed by atoms with Crippen LogP contribution in [0.2, 0.25) is 0 Å². The second-order valence-corrected chi connectivity index (χ2v) is 7.32. The smallest absolute Gasteiger partial charge is 0.337 e. The molecule has 1 aliphatic rings. The van der Waals surface area contributed by atoms with Crippen LogP contribution in [-0.4, -0.2) is 42.7 Å². The lowest BCUT2D eigenvalue weighted by molar-refractivity contribution is -0.172. The van der Waals surface area contributed by atoms with Gasteiger partial charge in [0.25, 0.3) is 0 Å². The number of carbonyl (C=O) groups is 2. The van der Waals surface area contributed by atoms with Crippen molar-refractivity contribution in [3.05, 3.63) is 60.2 Å². The van der Waals surface area contributed by atoms with Gasteiger partial charge in [0.2, 0.25) is 0 Å². The standard InChI is InChI=1S/C23H27NO5/c1-3-13-24(18-7-5-4-6-8-18)21-20(26)16-23(2,29-22(21)27)17-9-11-19(12-10-17)28-15-14-25/h4-12,21,25H,3,13-16H2,1-2H3. The first-order valence-corrected chi connectivity index (χ1v) is 9.90. The second-order valence-electron chi connectivity index (χ2n) is 7.32. The van der Waals surface area contributed by atoms with E-state index < -0.39 is 17.6 Å². The molecule has 29 heavy (non-hydrogen) atoms. The van der Waals surface area contributed by atoms with Crippen molar-refractivity contribution in [3.8, 4) is 5.75 Å². The van der Waals surface area contributed by atoms with Crippen molar-refractivity contribution in [1.29, 1.82) is 0 Å². The number of cyclic esters (lactones) is 1. The van der Waals surface area contributed by atoms with Crippen LogP contribution in [0.15, 0.2) is 54.6 Å². The molecule has 1 heterocycles. The monoisotopic (exact) mass is 397 g/mol. The molecule has 0 aliphatic carbocycles. The van der Waals surface area contributed by atoms with Crippen molar-refractivity contribution >= 4 is 17.4 Å². The van der Waals surface area contributed by atoms with E-state index in [1.807, 2.05) is 42.2 Å². The lowest BCUT2D eigenvalue weighted by atomic mass is 9.85. The third kappa shape index (κ3) is 4.59. The van der Waals surface area contributed by atoms with Crippen LogP contribution in [0.1, 0.15) is 32.3 Å². The normalized spacial score (nSPS) is 21.6. The fourth-order valence-electron chi connectivity index (χ4n) is 3.67. The molecule has 6 heteroatoms. The van der Waals surface area contributed by atoms with Crippen LogP contribution in [0.4, 0.5) is 5.69 Å². The van der Waals surface area contributed by atoms with Crippen molar-refractivity contribution in [1.82, 2.24) is 0 Å². The van der Waals surface area contributed by atoms with Crippen LogP contribution in [0, 0.1) is 0 Å². The minimum atomic E-state index is -1.02. The minimum absolute atomic E-state index is 0.0668. The zero-order valence-electron chi connectivity index (χ0n) is 16.8. The van der Waals surface area contributed by atoms with E-state index in [4.69, 9.17) is 14.6 Å². The Morgan fingerprint density at radius 3 is 2.41 bits per heavy atom. The predicted molar refractivity (Wildman–Crippen MR) is 110 cm³/mol. The van der Waals surface area contributed by atoms with Gasteiger partial charge in [-0.3, -0.25) is 4.79 Å². The highest BCUT2D eigenvalue weighted by Crippen LogP contribution is 2.36. The Balaban J connectivity index is 1.81. The van der Waals surface area contributed by atoms with E-state index in [2.05, 4.69) is 0 Å². The molecule has 1 fully saturated rings. The van der Waals surface area contributed by atoms with E-state index in [0.717, 1.165) is 17.7 Å². The molecule has 1 N–H and O–H groups in total. The number of ketones is 1. The number of hydrogen-bond acceptors (Lipinski definition) is 6. The number of aliphatic hydroxyl groups is 1. The summed E-state index contributed by atoms with van der Waals surface area (Å²) < 4.78 is 11.2. The first-order valence-electron chi connectivity index (χ1n) is 9.90. The van der Waals surface area contributed by atoms with Gasteiger partial charge in [0.15, 0.2) is 11.8 Å². The van der Waals surface area contributed by atoms with Crippen molar-refractivity contribution in [2.45, 2.75) is 38.3 Å². The molecule has 1 aliphatic heterocycles. The maximum atomic E-state index is 13.1. The van der Waals surface area contributed by atoms with Crippen LogP contribution in [0.3, 0.4) is 0 Å². The number of aliphatic hydroxyl groups excluding tert-OH is 1. The summed E-state index contributed by atoms with van der Waals surface area (Å²) in [5.74, 6) is -0.0701. The molecule has 0 amide bonds.